The first kappa shape index (κ1) is 10.9. The fourth-order valence-corrected chi connectivity index (χ4v) is 1.62. The lowest BCUT2D eigenvalue weighted by atomic mass is 10.3. The molecule has 0 fully saturated rings. The molecule has 0 saturated carbocycles. The number of hydrogen-bond acceptors (Lipinski definition) is 4. The van der Waals surface area contributed by atoms with Gasteiger partial charge in [-0.3, -0.25) is 0 Å². The van der Waals surface area contributed by atoms with Gasteiger partial charge in [0.1, 0.15) is 5.82 Å². The van der Waals surface area contributed by atoms with E-state index in [9.17, 15) is 0 Å². The molecule has 0 amide bonds. The predicted octanol–water partition coefficient (Wildman–Crippen LogP) is 1.22. The lowest BCUT2D eigenvalue weighted by Crippen LogP contribution is -2.08. The van der Waals surface area contributed by atoms with Gasteiger partial charge in [-0.1, -0.05) is 0 Å². The highest BCUT2D eigenvalue weighted by Gasteiger charge is 2.02. The van der Waals surface area contributed by atoms with Gasteiger partial charge in [0.2, 0.25) is 0 Å². The zero-order valence-corrected chi connectivity index (χ0v) is 9.35. The Kier molecular flexibility index (Phi) is 3.36. The molecule has 2 N–H and O–H groups in total. The van der Waals surface area contributed by atoms with E-state index >= 15 is 0 Å². The molecule has 16 heavy (non-hydrogen) atoms. The molecular formula is C11H16N4O. The standard InChI is InChI=1S/C11H16N4O/c1-9-8-11(12-5-2-3-7-16)15-10(14-9)4-6-13-15/h4,6,8,12,16H,2-3,5,7H2,1H3. The van der Waals surface area contributed by atoms with Crippen molar-refractivity contribution in [3.05, 3.63) is 24.0 Å². The number of nitrogens with one attached hydrogen (secondary N) is 1. The average Bonchev–Trinajstić information content (AvgIpc) is 2.72. The fraction of sp³-hybridized carbons (Fsp3) is 0.455. The first-order chi connectivity index (χ1) is 7.81. The summed E-state index contributed by atoms with van der Waals surface area (Å²) in [6.07, 6.45) is 3.50. The fourth-order valence-electron chi connectivity index (χ4n) is 1.62. The minimum atomic E-state index is 0.244. The maximum absolute atomic E-state index is 8.69. The van der Waals surface area contributed by atoms with Gasteiger partial charge in [-0.2, -0.15) is 9.61 Å². The number of aryl methyl sites for hydroxylation is 1. The van der Waals surface area contributed by atoms with Crippen LogP contribution in [0, 0.1) is 6.92 Å². The first-order valence-corrected chi connectivity index (χ1v) is 5.47. The van der Waals surface area contributed by atoms with Crippen LogP contribution < -0.4 is 5.32 Å². The van der Waals surface area contributed by atoms with Gasteiger partial charge in [-0.15, -0.1) is 0 Å². The molecular weight excluding hydrogens is 204 g/mol. The van der Waals surface area contributed by atoms with Crippen LogP contribution in [0.15, 0.2) is 18.3 Å². The van der Waals surface area contributed by atoms with Crippen LogP contribution in [0.5, 0.6) is 0 Å². The average molecular weight is 220 g/mol. The second-order valence-corrected chi connectivity index (χ2v) is 3.74. The van der Waals surface area contributed by atoms with Crippen LogP contribution in [-0.2, 0) is 0 Å². The lowest BCUT2D eigenvalue weighted by molar-refractivity contribution is 0.286. The molecule has 5 nitrogen and oxygen atoms in total. The molecule has 0 spiro atoms. The smallest absolute Gasteiger partial charge is 0.157 e. The topological polar surface area (TPSA) is 62.5 Å². The molecule has 2 heterocycles. The molecule has 0 aliphatic carbocycles. The summed E-state index contributed by atoms with van der Waals surface area (Å²) in [7, 11) is 0. The Morgan fingerprint density at radius 2 is 2.31 bits per heavy atom. The molecule has 0 aliphatic rings. The molecule has 0 radical (unpaired) electrons. The number of aromatic nitrogens is 3. The zero-order chi connectivity index (χ0) is 11.4. The predicted molar refractivity (Wildman–Crippen MR) is 62.5 cm³/mol. The van der Waals surface area contributed by atoms with Crippen LogP contribution in [0.25, 0.3) is 5.65 Å². The number of aliphatic hydroxyl groups is 1. The van der Waals surface area contributed by atoms with Crippen molar-refractivity contribution in [1.82, 2.24) is 14.6 Å². The van der Waals surface area contributed by atoms with E-state index in [4.69, 9.17) is 5.11 Å². The Hall–Kier alpha value is -1.62. The van der Waals surface area contributed by atoms with Crippen molar-refractivity contribution >= 4 is 11.5 Å². The lowest BCUT2D eigenvalue weighted by Gasteiger charge is -2.08. The van der Waals surface area contributed by atoms with Crippen LogP contribution in [0.1, 0.15) is 18.5 Å². The summed E-state index contributed by atoms with van der Waals surface area (Å²) in [5.41, 5.74) is 1.82. The summed E-state index contributed by atoms with van der Waals surface area (Å²) < 4.78 is 1.78. The molecule has 86 valence electrons. The van der Waals surface area contributed by atoms with Gasteiger partial charge in [-0.05, 0) is 19.8 Å². The van der Waals surface area contributed by atoms with Gasteiger partial charge in [0.25, 0.3) is 0 Å². The van der Waals surface area contributed by atoms with Gasteiger partial charge in [0.15, 0.2) is 5.65 Å². The van der Waals surface area contributed by atoms with E-state index in [1.165, 1.54) is 0 Å². The normalized spacial score (nSPS) is 10.9. The van der Waals surface area contributed by atoms with Gasteiger partial charge in [-0.25, -0.2) is 4.98 Å². The monoisotopic (exact) mass is 220 g/mol. The van der Waals surface area contributed by atoms with E-state index in [-0.39, 0.29) is 6.61 Å². The minimum absolute atomic E-state index is 0.244. The van der Waals surface area contributed by atoms with Crippen LogP contribution in [0.3, 0.4) is 0 Å². The molecule has 0 aromatic carbocycles. The maximum atomic E-state index is 8.69. The second kappa shape index (κ2) is 4.94. The number of nitrogens with zero attached hydrogens (tertiary/aromatic N) is 3. The van der Waals surface area contributed by atoms with E-state index < -0.39 is 0 Å². The summed E-state index contributed by atoms with van der Waals surface area (Å²) in [5, 5.41) is 16.2. The Labute approximate surface area is 94.1 Å². The third-order valence-electron chi connectivity index (χ3n) is 2.38. The Morgan fingerprint density at radius 1 is 1.44 bits per heavy atom. The molecule has 2 aromatic rings. The van der Waals surface area contributed by atoms with Crippen LogP contribution >= 0.6 is 0 Å². The Bertz CT molecular complexity index is 466. The van der Waals surface area contributed by atoms with E-state index in [0.29, 0.717) is 0 Å². The van der Waals surface area contributed by atoms with E-state index in [1.807, 2.05) is 19.1 Å². The summed E-state index contributed by atoms with van der Waals surface area (Å²) in [4.78, 5) is 4.36. The molecule has 0 unspecified atom stereocenters. The third-order valence-corrected chi connectivity index (χ3v) is 2.38. The van der Waals surface area contributed by atoms with Crippen molar-refractivity contribution in [3.63, 3.8) is 0 Å². The van der Waals surface area contributed by atoms with Crippen molar-refractivity contribution < 1.29 is 5.11 Å². The summed E-state index contributed by atoms with van der Waals surface area (Å²) in [6, 6.07) is 3.85. The minimum Gasteiger partial charge on any atom is -0.396 e. The number of anilines is 1. The molecule has 2 rings (SSSR count). The van der Waals surface area contributed by atoms with Crippen molar-refractivity contribution in [2.24, 2.45) is 0 Å². The maximum Gasteiger partial charge on any atom is 0.157 e. The summed E-state index contributed by atoms with van der Waals surface area (Å²) in [5.74, 6) is 0.949. The molecule has 0 atom stereocenters. The highest BCUT2D eigenvalue weighted by atomic mass is 16.2. The van der Waals surface area contributed by atoms with Crippen molar-refractivity contribution in [1.29, 1.82) is 0 Å². The van der Waals surface area contributed by atoms with Gasteiger partial charge in [0, 0.05) is 31.0 Å². The second-order valence-electron chi connectivity index (χ2n) is 3.74. The highest BCUT2D eigenvalue weighted by Crippen LogP contribution is 2.11. The molecule has 0 bridgehead atoms. The number of fused-ring (bicyclic) bond motifs is 1. The number of hydrogen-bond donors (Lipinski definition) is 2. The van der Waals surface area contributed by atoms with Crippen LogP contribution in [0.2, 0.25) is 0 Å². The van der Waals surface area contributed by atoms with E-state index in [1.54, 1.807) is 10.7 Å². The Balaban J connectivity index is 2.12. The SMILES string of the molecule is Cc1cc(NCCCCO)n2nccc2n1. The van der Waals surface area contributed by atoms with Crippen LogP contribution in [-0.4, -0.2) is 32.9 Å². The summed E-state index contributed by atoms with van der Waals surface area (Å²) >= 11 is 0. The summed E-state index contributed by atoms with van der Waals surface area (Å²) in [6.45, 7) is 3.04. The molecule has 0 aliphatic heterocycles. The van der Waals surface area contributed by atoms with E-state index in [2.05, 4.69) is 15.4 Å². The Morgan fingerprint density at radius 3 is 3.12 bits per heavy atom. The van der Waals surface area contributed by atoms with Crippen molar-refractivity contribution in [3.8, 4) is 0 Å². The number of aliphatic hydroxyl groups excluding tert-OH is 1. The van der Waals surface area contributed by atoms with Gasteiger partial charge in [0.05, 0.1) is 6.20 Å². The molecule has 0 saturated heterocycles. The van der Waals surface area contributed by atoms with Gasteiger partial charge >= 0.3 is 0 Å². The number of rotatable bonds is 5. The quantitative estimate of drug-likeness (QED) is 0.744. The van der Waals surface area contributed by atoms with Gasteiger partial charge < -0.3 is 10.4 Å². The number of unbranched alkanes of at least 4 members (excludes halogenated alkanes) is 1. The third kappa shape index (κ3) is 2.30. The van der Waals surface area contributed by atoms with Crippen LogP contribution in [0.4, 0.5) is 5.82 Å². The molecule has 5 heteroatoms. The van der Waals surface area contributed by atoms with E-state index in [0.717, 1.165) is 36.5 Å². The van der Waals surface area contributed by atoms with Crippen molar-refractivity contribution in [2.45, 2.75) is 19.8 Å². The first-order valence-electron chi connectivity index (χ1n) is 5.47. The molecule has 2 aromatic heterocycles. The largest absolute Gasteiger partial charge is 0.396 e. The zero-order valence-electron chi connectivity index (χ0n) is 9.35. The highest BCUT2D eigenvalue weighted by molar-refractivity contribution is 5.48. The van der Waals surface area contributed by atoms with Crippen molar-refractivity contribution in [2.75, 3.05) is 18.5 Å².